The summed E-state index contributed by atoms with van der Waals surface area (Å²) < 4.78 is 24.1. The summed E-state index contributed by atoms with van der Waals surface area (Å²) in [6.07, 6.45) is 1.66. The quantitative estimate of drug-likeness (QED) is 0.940. The molecule has 22 heavy (non-hydrogen) atoms. The Morgan fingerprint density at radius 2 is 1.73 bits per heavy atom. The molecule has 0 saturated heterocycles. The number of aromatic nitrogens is 1. The van der Waals surface area contributed by atoms with Crippen LogP contribution in [0.4, 0.5) is 5.82 Å². The van der Waals surface area contributed by atoms with Gasteiger partial charge in [-0.15, -0.1) is 0 Å². The van der Waals surface area contributed by atoms with Crippen LogP contribution in [0.15, 0.2) is 47.5 Å². The van der Waals surface area contributed by atoms with E-state index in [1.165, 1.54) is 24.3 Å². The molecule has 0 aliphatic heterocycles. The van der Waals surface area contributed by atoms with E-state index >= 15 is 0 Å². The lowest BCUT2D eigenvalue weighted by molar-refractivity contribution is 0.102. The van der Waals surface area contributed by atoms with Gasteiger partial charge < -0.3 is 5.32 Å². The Bertz CT molecular complexity index is 764. The third kappa shape index (κ3) is 3.51. The lowest BCUT2D eigenvalue weighted by Gasteiger charge is -2.09. The van der Waals surface area contributed by atoms with Crippen LogP contribution in [0.5, 0.6) is 0 Å². The highest BCUT2D eigenvalue weighted by molar-refractivity contribution is 7.92. The van der Waals surface area contributed by atoms with Crippen molar-refractivity contribution in [1.82, 2.24) is 4.98 Å². The molecule has 2 aromatic rings. The minimum absolute atomic E-state index is 0.215. The molecule has 5 nitrogen and oxygen atoms in total. The number of nitrogens with zero attached hydrogens (tertiary/aromatic N) is 1. The second-order valence-electron chi connectivity index (χ2n) is 5.29. The molecular formula is C16H18N2O3S. The van der Waals surface area contributed by atoms with Crippen molar-refractivity contribution in [1.29, 1.82) is 0 Å². The number of hydrogen-bond donors (Lipinski definition) is 1. The molecule has 0 aliphatic carbocycles. The molecule has 116 valence electrons. The van der Waals surface area contributed by atoms with Crippen molar-refractivity contribution in [2.75, 3.05) is 5.32 Å². The van der Waals surface area contributed by atoms with Crippen LogP contribution >= 0.6 is 0 Å². The van der Waals surface area contributed by atoms with Gasteiger partial charge in [0.25, 0.3) is 5.91 Å². The maximum Gasteiger partial charge on any atom is 0.256 e. The SMILES string of the molecule is Cc1ccc(NC(=O)c2ccc(S(=O)(=O)C(C)C)cc2)nc1. The second kappa shape index (κ2) is 6.27. The number of benzene rings is 1. The summed E-state index contributed by atoms with van der Waals surface area (Å²) in [5.41, 5.74) is 1.38. The molecule has 0 atom stereocenters. The van der Waals surface area contributed by atoms with Crippen LogP contribution in [0, 0.1) is 6.92 Å². The maximum absolute atomic E-state index is 12.1. The Morgan fingerprint density at radius 3 is 2.23 bits per heavy atom. The summed E-state index contributed by atoms with van der Waals surface area (Å²) in [6, 6.07) is 9.46. The fraction of sp³-hybridized carbons (Fsp3) is 0.250. The Kier molecular flexibility index (Phi) is 4.61. The number of amides is 1. The molecule has 0 radical (unpaired) electrons. The molecule has 1 N–H and O–H groups in total. The number of sulfone groups is 1. The number of rotatable bonds is 4. The van der Waals surface area contributed by atoms with E-state index in [-0.39, 0.29) is 10.8 Å². The van der Waals surface area contributed by atoms with Crippen LogP contribution in [0.25, 0.3) is 0 Å². The molecule has 0 unspecified atom stereocenters. The zero-order valence-corrected chi connectivity index (χ0v) is 13.5. The van der Waals surface area contributed by atoms with E-state index in [1.807, 2.05) is 13.0 Å². The molecule has 1 aromatic heterocycles. The van der Waals surface area contributed by atoms with Crippen LogP contribution in [0.2, 0.25) is 0 Å². The lowest BCUT2D eigenvalue weighted by Crippen LogP contribution is -2.15. The first-order chi connectivity index (χ1) is 10.3. The highest BCUT2D eigenvalue weighted by atomic mass is 32.2. The third-order valence-electron chi connectivity index (χ3n) is 3.22. The molecule has 1 heterocycles. The smallest absolute Gasteiger partial charge is 0.256 e. The number of anilines is 1. The number of hydrogen-bond acceptors (Lipinski definition) is 4. The Labute approximate surface area is 130 Å². The van der Waals surface area contributed by atoms with Gasteiger partial charge >= 0.3 is 0 Å². The fourth-order valence-electron chi connectivity index (χ4n) is 1.80. The molecule has 0 spiro atoms. The number of pyridine rings is 1. The van der Waals surface area contributed by atoms with Gasteiger partial charge in [0.05, 0.1) is 10.1 Å². The molecule has 1 aromatic carbocycles. The molecule has 0 aliphatic rings. The van der Waals surface area contributed by atoms with Crippen molar-refractivity contribution in [3.8, 4) is 0 Å². The van der Waals surface area contributed by atoms with Gasteiger partial charge in [-0.25, -0.2) is 13.4 Å². The standard InChI is InChI=1S/C16H18N2O3S/c1-11(2)22(20,21)14-7-5-13(6-8-14)16(19)18-15-9-4-12(3)10-17-15/h4-11H,1-3H3,(H,17,18,19). The first-order valence-corrected chi connectivity index (χ1v) is 8.43. The average Bonchev–Trinajstić information content (AvgIpc) is 2.49. The van der Waals surface area contributed by atoms with Crippen LogP contribution in [0.1, 0.15) is 29.8 Å². The number of aryl methyl sites for hydroxylation is 1. The molecule has 2 rings (SSSR count). The minimum Gasteiger partial charge on any atom is -0.307 e. The van der Waals surface area contributed by atoms with Crippen molar-refractivity contribution < 1.29 is 13.2 Å². The van der Waals surface area contributed by atoms with Gasteiger partial charge in [0.2, 0.25) is 0 Å². The van der Waals surface area contributed by atoms with Crippen molar-refractivity contribution in [3.63, 3.8) is 0 Å². The topological polar surface area (TPSA) is 76.1 Å². The van der Waals surface area contributed by atoms with Crippen molar-refractivity contribution in [3.05, 3.63) is 53.7 Å². The minimum atomic E-state index is -3.33. The molecule has 0 fully saturated rings. The van der Waals surface area contributed by atoms with E-state index in [0.717, 1.165) is 5.56 Å². The third-order valence-corrected chi connectivity index (χ3v) is 5.39. The Balaban J connectivity index is 2.16. The van der Waals surface area contributed by atoms with Gasteiger partial charge in [-0.2, -0.15) is 0 Å². The van der Waals surface area contributed by atoms with Crippen molar-refractivity contribution >= 4 is 21.6 Å². The predicted octanol–water partition coefficient (Wildman–Crippen LogP) is 2.82. The summed E-state index contributed by atoms with van der Waals surface area (Å²) in [4.78, 5) is 16.4. The predicted molar refractivity (Wildman–Crippen MR) is 85.7 cm³/mol. The maximum atomic E-state index is 12.1. The van der Waals surface area contributed by atoms with E-state index in [9.17, 15) is 13.2 Å². The zero-order chi connectivity index (χ0) is 16.3. The highest BCUT2D eigenvalue weighted by Crippen LogP contribution is 2.17. The van der Waals surface area contributed by atoms with E-state index in [2.05, 4.69) is 10.3 Å². The number of carbonyl (C=O) groups is 1. The largest absolute Gasteiger partial charge is 0.307 e. The summed E-state index contributed by atoms with van der Waals surface area (Å²) in [5, 5.41) is 2.17. The van der Waals surface area contributed by atoms with E-state index in [4.69, 9.17) is 0 Å². The molecular weight excluding hydrogens is 300 g/mol. The first-order valence-electron chi connectivity index (χ1n) is 6.88. The molecule has 6 heteroatoms. The summed E-state index contributed by atoms with van der Waals surface area (Å²) in [5.74, 6) is 0.124. The Hall–Kier alpha value is -2.21. The van der Waals surface area contributed by atoms with Gasteiger partial charge in [0.15, 0.2) is 9.84 Å². The average molecular weight is 318 g/mol. The summed E-state index contributed by atoms with van der Waals surface area (Å²) in [6.45, 7) is 5.16. The fourth-order valence-corrected chi connectivity index (χ4v) is 2.86. The second-order valence-corrected chi connectivity index (χ2v) is 7.80. The van der Waals surface area contributed by atoms with Gasteiger partial charge in [0, 0.05) is 11.8 Å². The van der Waals surface area contributed by atoms with Crippen LogP contribution in [-0.4, -0.2) is 24.6 Å². The van der Waals surface area contributed by atoms with Crippen LogP contribution in [-0.2, 0) is 9.84 Å². The molecule has 1 amide bonds. The van der Waals surface area contributed by atoms with Crippen molar-refractivity contribution in [2.45, 2.75) is 30.9 Å². The van der Waals surface area contributed by atoms with Gasteiger partial charge in [-0.05, 0) is 56.7 Å². The van der Waals surface area contributed by atoms with Crippen LogP contribution in [0.3, 0.4) is 0 Å². The first kappa shape index (κ1) is 16.2. The van der Waals surface area contributed by atoms with Gasteiger partial charge in [0.1, 0.15) is 5.82 Å². The van der Waals surface area contributed by atoms with E-state index in [0.29, 0.717) is 11.4 Å². The van der Waals surface area contributed by atoms with Gasteiger partial charge in [-0.3, -0.25) is 4.79 Å². The number of nitrogens with one attached hydrogen (secondary N) is 1. The van der Waals surface area contributed by atoms with E-state index in [1.54, 1.807) is 26.1 Å². The Morgan fingerprint density at radius 1 is 1.09 bits per heavy atom. The lowest BCUT2D eigenvalue weighted by atomic mass is 10.2. The zero-order valence-electron chi connectivity index (χ0n) is 12.7. The monoisotopic (exact) mass is 318 g/mol. The molecule has 0 saturated carbocycles. The van der Waals surface area contributed by atoms with E-state index < -0.39 is 15.1 Å². The summed E-state index contributed by atoms with van der Waals surface area (Å²) in [7, 11) is -3.33. The summed E-state index contributed by atoms with van der Waals surface area (Å²) >= 11 is 0. The van der Waals surface area contributed by atoms with Gasteiger partial charge in [-0.1, -0.05) is 6.07 Å². The van der Waals surface area contributed by atoms with Crippen molar-refractivity contribution in [2.24, 2.45) is 0 Å². The highest BCUT2D eigenvalue weighted by Gasteiger charge is 2.19. The van der Waals surface area contributed by atoms with Crippen LogP contribution < -0.4 is 5.32 Å². The normalized spacial score (nSPS) is 11.5. The number of carbonyl (C=O) groups excluding carboxylic acids is 1. The molecule has 0 bridgehead atoms.